The third-order valence-corrected chi connectivity index (χ3v) is 2.92. The van der Waals surface area contributed by atoms with E-state index in [1.165, 1.54) is 19.2 Å². The molecular formula is C13H15NO5. The smallest absolute Gasteiger partial charge is 0.339 e. The highest BCUT2D eigenvalue weighted by molar-refractivity contribution is 5.97. The van der Waals surface area contributed by atoms with Crippen LogP contribution >= 0.6 is 0 Å². The van der Waals surface area contributed by atoms with E-state index in [1.54, 1.807) is 6.07 Å². The van der Waals surface area contributed by atoms with Crippen LogP contribution < -0.4 is 10.1 Å². The standard InChI is InChI=1S/C13H15NO5/c1-18-10-5-4-8(7-9(10)13(16)17)14-12(15)11-3-2-6-19-11/h4-5,7,11H,2-3,6H2,1H3,(H,14,15)(H,16,17). The summed E-state index contributed by atoms with van der Waals surface area (Å²) in [5.74, 6) is -1.10. The maximum atomic E-state index is 11.8. The van der Waals surface area contributed by atoms with Gasteiger partial charge in [-0.2, -0.15) is 0 Å². The molecule has 0 spiro atoms. The van der Waals surface area contributed by atoms with E-state index in [1.807, 2.05) is 0 Å². The van der Waals surface area contributed by atoms with Gasteiger partial charge in [-0.15, -0.1) is 0 Å². The number of anilines is 1. The fourth-order valence-electron chi connectivity index (χ4n) is 1.96. The lowest BCUT2D eigenvalue weighted by atomic mass is 10.1. The highest BCUT2D eigenvalue weighted by Gasteiger charge is 2.24. The summed E-state index contributed by atoms with van der Waals surface area (Å²) in [5.41, 5.74) is 0.423. The van der Waals surface area contributed by atoms with Gasteiger partial charge in [-0.1, -0.05) is 0 Å². The Bertz CT molecular complexity index is 494. The predicted octanol–water partition coefficient (Wildman–Crippen LogP) is 1.51. The van der Waals surface area contributed by atoms with Crippen molar-refractivity contribution in [1.82, 2.24) is 0 Å². The van der Waals surface area contributed by atoms with Crippen molar-refractivity contribution in [1.29, 1.82) is 0 Å². The van der Waals surface area contributed by atoms with E-state index in [4.69, 9.17) is 14.6 Å². The number of nitrogens with one attached hydrogen (secondary N) is 1. The van der Waals surface area contributed by atoms with Gasteiger partial charge in [0.25, 0.3) is 5.91 Å². The number of carboxylic acid groups (broad SMARTS) is 1. The van der Waals surface area contributed by atoms with Crippen molar-refractivity contribution >= 4 is 17.6 Å². The van der Waals surface area contributed by atoms with Crippen molar-refractivity contribution in [3.63, 3.8) is 0 Å². The van der Waals surface area contributed by atoms with Gasteiger partial charge in [0.05, 0.1) is 7.11 Å². The minimum Gasteiger partial charge on any atom is -0.496 e. The van der Waals surface area contributed by atoms with Crippen molar-refractivity contribution in [2.24, 2.45) is 0 Å². The first-order valence-electron chi connectivity index (χ1n) is 5.95. The summed E-state index contributed by atoms with van der Waals surface area (Å²) in [6.07, 6.45) is 1.10. The molecule has 1 amide bonds. The zero-order chi connectivity index (χ0) is 13.8. The van der Waals surface area contributed by atoms with Crippen LogP contribution in [-0.2, 0) is 9.53 Å². The molecule has 1 aliphatic rings. The molecule has 1 atom stereocenters. The second kappa shape index (κ2) is 5.71. The van der Waals surface area contributed by atoms with Gasteiger partial charge in [-0.25, -0.2) is 4.79 Å². The SMILES string of the molecule is COc1ccc(NC(=O)C2CCCO2)cc1C(=O)O. The molecule has 0 aliphatic carbocycles. The van der Waals surface area contributed by atoms with Crippen LogP contribution in [0.5, 0.6) is 5.75 Å². The molecule has 6 nitrogen and oxygen atoms in total. The number of carboxylic acids is 1. The maximum absolute atomic E-state index is 11.8. The number of carbonyl (C=O) groups is 2. The first kappa shape index (κ1) is 13.4. The summed E-state index contributed by atoms with van der Waals surface area (Å²) in [6, 6.07) is 4.47. The first-order chi connectivity index (χ1) is 9.11. The number of benzene rings is 1. The molecule has 6 heteroatoms. The number of rotatable bonds is 4. The van der Waals surface area contributed by atoms with E-state index in [9.17, 15) is 9.59 Å². The quantitative estimate of drug-likeness (QED) is 0.862. The largest absolute Gasteiger partial charge is 0.496 e. The molecule has 1 aliphatic heterocycles. The third-order valence-electron chi connectivity index (χ3n) is 2.92. The fraction of sp³-hybridized carbons (Fsp3) is 0.385. The van der Waals surface area contributed by atoms with Crippen molar-refractivity contribution < 1.29 is 24.2 Å². The number of aromatic carboxylic acids is 1. The van der Waals surface area contributed by atoms with Gasteiger partial charge in [0.1, 0.15) is 17.4 Å². The van der Waals surface area contributed by atoms with E-state index in [0.717, 1.165) is 6.42 Å². The molecule has 1 saturated heterocycles. The van der Waals surface area contributed by atoms with Crippen LogP contribution in [0.15, 0.2) is 18.2 Å². The van der Waals surface area contributed by atoms with Gasteiger partial charge in [-0.3, -0.25) is 4.79 Å². The number of hydrogen-bond donors (Lipinski definition) is 2. The van der Waals surface area contributed by atoms with E-state index in [0.29, 0.717) is 18.7 Å². The van der Waals surface area contributed by atoms with E-state index in [2.05, 4.69) is 5.32 Å². The van der Waals surface area contributed by atoms with Gasteiger partial charge >= 0.3 is 5.97 Å². The molecule has 0 saturated carbocycles. The van der Waals surface area contributed by atoms with Gasteiger partial charge in [0, 0.05) is 12.3 Å². The summed E-state index contributed by atoms with van der Waals surface area (Å²) in [4.78, 5) is 22.9. The molecule has 102 valence electrons. The number of amides is 1. The maximum Gasteiger partial charge on any atom is 0.339 e. The lowest BCUT2D eigenvalue weighted by Gasteiger charge is -2.12. The number of carbonyl (C=O) groups excluding carboxylic acids is 1. The van der Waals surface area contributed by atoms with Gasteiger partial charge in [-0.05, 0) is 31.0 Å². The highest BCUT2D eigenvalue weighted by Crippen LogP contribution is 2.23. The molecule has 1 aromatic rings. The molecular weight excluding hydrogens is 250 g/mol. The molecule has 19 heavy (non-hydrogen) atoms. The predicted molar refractivity (Wildman–Crippen MR) is 67.6 cm³/mol. The zero-order valence-corrected chi connectivity index (χ0v) is 10.5. The van der Waals surface area contributed by atoms with Gasteiger partial charge in [0.15, 0.2) is 0 Å². The van der Waals surface area contributed by atoms with Crippen molar-refractivity contribution in [3.8, 4) is 5.75 Å². The van der Waals surface area contributed by atoms with Crippen LogP contribution in [0, 0.1) is 0 Å². The number of methoxy groups -OCH3 is 1. The Morgan fingerprint density at radius 3 is 2.84 bits per heavy atom. The van der Waals surface area contributed by atoms with Crippen molar-refractivity contribution in [2.45, 2.75) is 18.9 Å². The Kier molecular flexibility index (Phi) is 4.01. The minimum atomic E-state index is -1.11. The first-order valence-corrected chi connectivity index (χ1v) is 5.95. The topological polar surface area (TPSA) is 84.9 Å². The second-order valence-electron chi connectivity index (χ2n) is 4.21. The van der Waals surface area contributed by atoms with E-state index >= 15 is 0 Å². The van der Waals surface area contributed by atoms with Crippen LogP contribution in [-0.4, -0.2) is 36.8 Å². The van der Waals surface area contributed by atoms with E-state index < -0.39 is 12.1 Å². The lowest BCUT2D eigenvalue weighted by Crippen LogP contribution is -2.26. The Hall–Kier alpha value is -2.08. The van der Waals surface area contributed by atoms with Gasteiger partial charge < -0.3 is 19.9 Å². The van der Waals surface area contributed by atoms with Crippen LogP contribution in [0.2, 0.25) is 0 Å². The molecule has 2 N–H and O–H groups in total. The average Bonchev–Trinajstić information content (AvgIpc) is 2.92. The average molecular weight is 265 g/mol. The lowest BCUT2D eigenvalue weighted by molar-refractivity contribution is -0.124. The molecule has 2 rings (SSSR count). The summed E-state index contributed by atoms with van der Waals surface area (Å²) >= 11 is 0. The number of hydrogen-bond acceptors (Lipinski definition) is 4. The van der Waals surface area contributed by atoms with Crippen LogP contribution in [0.25, 0.3) is 0 Å². The van der Waals surface area contributed by atoms with Crippen LogP contribution in [0.3, 0.4) is 0 Å². The van der Waals surface area contributed by atoms with Crippen LogP contribution in [0.4, 0.5) is 5.69 Å². The van der Waals surface area contributed by atoms with Crippen LogP contribution in [0.1, 0.15) is 23.2 Å². The monoisotopic (exact) mass is 265 g/mol. The third kappa shape index (κ3) is 3.03. The Morgan fingerprint density at radius 2 is 2.26 bits per heavy atom. The number of ether oxygens (including phenoxy) is 2. The van der Waals surface area contributed by atoms with E-state index in [-0.39, 0.29) is 17.2 Å². The summed E-state index contributed by atoms with van der Waals surface area (Å²) < 4.78 is 10.2. The Morgan fingerprint density at radius 1 is 1.47 bits per heavy atom. The molecule has 1 unspecified atom stereocenters. The second-order valence-corrected chi connectivity index (χ2v) is 4.21. The Balaban J connectivity index is 2.14. The molecule has 1 fully saturated rings. The summed E-state index contributed by atoms with van der Waals surface area (Å²) in [7, 11) is 1.40. The van der Waals surface area contributed by atoms with Crippen molar-refractivity contribution in [2.75, 3.05) is 19.0 Å². The minimum absolute atomic E-state index is 0.00707. The molecule has 0 aromatic heterocycles. The fourth-order valence-corrected chi connectivity index (χ4v) is 1.96. The van der Waals surface area contributed by atoms with Crippen molar-refractivity contribution in [3.05, 3.63) is 23.8 Å². The zero-order valence-electron chi connectivity index (χ0n) is 10.5. The summed E-state index contributed by atoms with van der Waals surface area (Å²) in [6.45, 7) is 0.584. The van der Waals surface area contributed by atoms with Gasteiger partial charge in [0.2, 0.25) is 0 Å². The molecule has 1 aromatic carbocycles. The normalized spacial score (nSPS) is 18.1. The highest BCUT2D eigenvalue weighted by atomic mass is 16.5. The summed E-state index contributed by atoms with van der Waals surface area (Å²) in [5, 5.41) is 11.7. The Labute approximate surface area is 110 Å². The molecule has 0 radical (unpaired) electrons. The molecule has 1 heterocycles. The molecule has 0 bridgehead atoms.